The lowest BCUT2D eigenvalue weighted by atomic mass is 9.91. The topological polar surface area (TPSA) is 88.5 Å². The molecule has 0 bridgehead atoms. The zero-order valence-electron chi connectivity index (χ0n) is 12.5. The molecule has 0 saturated carbocycles. The molecule has 1 aromatic carbocycles. The van der Waals surface area contributed by atoms with Crippen LogP contribution < -0.4 is 10.1 Å². The maximum Gasteiger partial charge on any atom is 0.312 e. The molecule has 1 aromatic heterocycles. The first-order valence-corrected chi connectivity index (χ1v) is 8.08. The average molecular weight is 332 g/mol. The van der Waals surface area contributed by atoms with Crippen molar-refractivity contribution in [2.45, 2.75) is 25.2 Å². The van der Waals surface area contributed by atoms with Gasteiger partial charge in [-0.2, -0.15) is 0 Å². The van der Waals surface area contributed by atoms with Crippen molar-refractivity contribution in [1.82, 2.24) is 4.98 Å². The van der Waals surface area contributed by atoms with Gasteiger partial charge in [0.2, 0.25) is 0 Å². The van der Waals surface area contributed by atoms with Gasteiger partial charge < -0.3 is 9.84 Å². The number of carboxylic acid groups (broad SMARTS) is 1. The molecule has 0 saturated heterocycles. The summed E-state index contributed by atoms with van der Waals surface area (Å²) in [7, 11) is 1.56. The predicted octanol–water partition coefficient (Wildman–Crippen LogP) is 2.91. The van der Waals surface area contributed by atoms with Crippen molar-refractivity contribution in [3.8, 4) is 5.75 Å². The van der Waals surface area contributed by atoms with Crippen molar-refractivity contribution in [3.63, 3.8) is 0 Å². The third kappa shape index (κ3) is 3.19. The Morgan fingerprint density at radius 3 is 2.74 bits per heavy atom. The molecule has 0 spiro atoms. The lowest BCUT2D eigenvalue weighted by Gasteiger charge is -2.16. The number of hydrogen-bond donors (Lipinski definition) is 2. The number of nitrogens with zero attached hydrogens (tertiary/aromatic N) is 1. The fourth-order valence-electron chi connectivity index (χ4n) is 2.62. The molecule has 0 aliphatic heterocycles. The molecule has 2 N–H and O–H groups in total. The molecule has 1 heterocycles. The minimum absolute atomic E-state index is 0.273. The van der Waals surface area contributed by atoms with Crippen LogP contribution in [0.2, 0.25) is 0 Å². The highest BCUT2D eigenvalue weighted by atomic mass is 32.1. The van der Waals surface area contributed by atoms with Crippen molar-refractivity contribution in [2.75, 3.05) is 12.4 Å². The lowest BCUT2D eigenvalue weighted by Crippen LogP contribution is -2.17. The number of carbonyl (C=O) groups excluding carboxylic acids is 1. The summed E-state index contributed by atoms with van der Waals surface area (Å²) in [4.78, 5) is 28.8. The minimum Gasteiger partial charge on any atom is -0.497 e. The van der Waals surface area contributed by atoms with Crippen LogP contribution in [0.25, 0.3) is 0 Å². The zero-order valence-corrected chi connectivity index (χ0v) is 13.4. The van der Waals surface area contributed by atoms with Crippen LogP contribution in [0.15, 0.2) is 24.3 Å². The molecule has 120 valence electrons. The van der Waals surface area contributed by atoms with E-state index in [1.807, 2.05) is 0 Å². The summed E-state index contributed by atoms with van der Waals surface area (Å²) in [6, 6.07) is 6.76. The standard InChI is InChI=1S/C16H16N2O4S/c1-22-10-7-5-9(6-8-10)14(19)18-16-17-13-11(15(20)21)3-2-4-12(13)23-16/h5-8,11H,2-4H2,1H3,(H,20,21)(H,17,18,19). The number of carboxylic acids is 1. The first kappa shape index (κ1) is 15.5. The summed E-state index contributed by atoms with van der Waals surface area (Å²) in [5, 5.41) is 12.5. The number of ether oxygens (including phenoxy) is 1. The molecule has 2 aromatic rings. The number of aliphatic carboxylic acids is 1. The molecule has 1 aliphatic carbocycles. The van der Waals surface area contributed by atoms with Gasteiger partial charge in [-0.05, 0) is 43.5 Å². The quantitative estimate of drug-likeness (QED) is 0.899. The molecule has 3 rings (SSSR count). The Labute approximate surface area is 137 Å². The Bertz CT molecular complexity index is 739. The van der Waals surface area contributed by atoms with Crippen molar-refractivity contribution in [2.24, 2.45) is 0 Å². The lowest BCUT2D eigenvalue weighted by molar-refractivity contribution is -0.139. The van der Waals surface area contributed by atoms with E-state index in [0.29, 0.717) is 28.6 Å². The van der Waals surface area contributed by atoms with Crippen LogP contribution in [0.5, 0.6) is 5.75 Å². The van der Waals surface area contributed by atoms with Gasteiger partial charge in [0.05, 0.1) is 12.8 Å². The van der Waals surface area contributed by atoms with Gasteiger partial charge in [0.15, 0.2) is 5.13 Å². The van der Waals surface area contributed by atoms with Gasteiger partial charge in [-0.3, -0.25) is 14.9 Å². The van der Waals surface area contributed by atoms with Crippen LogP contribution in [0, 0.1) is 0 Å². The molecule has 0 radical (unpaired) electrons. The van der Waals surface area contributed by atoms with Crippen LogP contribution in [-0.4, -0.2) is 29.1 Å². The van der Waals surface area contributed by atoms with E-state index in [4.69, 9.17) is 4.74 Å². The Morgan fingerprint density at radius 1 is 1.35 bits per heavy atom. The predicted molar refractivity (Wildman–Crippen MR) is 86.4 cm³/mol. The third-order valence-electron chi connectivity index (χ3n) is 3.83. The van der Waals surface area contributed by atoms with Crippen LogP contribution in [0.1, 0.15) is 39.7 Å². The Balaban J connectivity index is 1.78. The van der Waals surface area contributed by atoms with Crippen LogP contribution in [-0.2, 0) is 11.2 Å². The molecule has 23 heavy (non-hydrogen) atoms. The number of carbonyl (C=O) groups is 2. The van der Waals surface area contributed by atoms with Crippen LogP contribution >= 0.6 is 11.3 Å². The maximum atomic E-state index is 12.2. The normalized spacial score (nSPS) is 16.5. The second-order valence-electron chi connectivity index (χ2n) is 5.29. The Morgan fingerprint density at radius 2 is 2.09 bits per heavy atom. The number of aromatic nitrogens is 1. The van der Waals surface area contributed by atoms with E-state index in [9.17, 15) is 14.7 Å². The largest absolute Gasteiger partial charge is 0.497 e. The van der Waals surface area contributed by atoms with Crippen molar-refractivity contribution < 1.29 is 19.4 Å². The highest BCUT2D eigenvalue weighted by Gasteiger charge is 2.30. The van der Waals surface area contributed by atoms with E-state index in [1.54, 1.807) is 31.4 Å². The fourth-order valence-corrected chi connectivity index (χ4v) is 3.68. The first-order chi connectivity index (χ1) is 11.1. The van der Waals surface area contributed by atoms with E-state index in [1.165, 1.54) is 11.3 Å². The van der Waals surface area contributed by atoms with E-state index in [2.05, 4.69) is 10.3 Å². The summed E-state index contributed by atoms with van der Waals surface area (Å²) in [5.41, 5.74) is 1.09. The van der Waals surface area contributed by atoms with E-state index in [0.717, 1.165) is 17.7 Å². The van der Waals surface area contributed by atoms with Gasteiger partial charge in [-0.25, -0.2) is 4.98 Å². The number of nitrogens with one attached hydrogen (secondary N) is 1. The van der Waals surface area contributed by atoms with Gasteiger partial charge in [0, 0.05) is 10.4 Å². The van der Waals surface area contributed by atoms with Gasteiger partial charge in [-0.1, -0.05) is 0 Å². The molecular weight excluding hydrogens is 316 g/mol. The number of methoxy groups -OCH3 is 1. The number of thiazole rings is 1. The minimum atomic E-state index is -0.857. The smallest absolute Gasteiger partial charge is 0.312 e. The van der Waals surface area contributed by atoms with Gasteiger partial charge >= 0.3 is 5.97 Å². The number of rotatable bonds is 4. The zero-order chi connectivity index (χ0) is 16.4. The molecule has 7 heteroatoms. The average Bonchev–Trinajstić information content (AvgIpc) is 2.96. The number of fused-ring (bicyclic) bond motifs is 1. The number of anilines is 1. The first-order valence-electron chi connectivity index (χ1n) is 7.26. The Kier molecular flexibility index (Phi) is 4.29. The molecule has 1 unspecified atom stereocenters. The number of benzene rings is 1. The second-order valence-corrected chi connectivity index (χ2v) is 6.38. The number of hydrogen-bond acceptors (Lipinski definition) is 5. The summed E-state index contributed by atoms with van der Waals surface area (Å²) in [6.45, 7) is 0. The third-order valence-corrected chi connectivity index (χ3v) is 4.87. The van der Waals surface area contributed by atoms with Gasteiger partial charge in [0.25, 0.3) is 5.91 Å². The van der Waals surface area contributed by atoms with Crippen molar-refractivity contribution >= 4 is 28.3 Å². The fraction of sp³-hybridized carbons (Fsp3) is 0.312. The summed E-state index contributed by atoms with van der Waals surface area (Å²) >= 11 is 1.36. The summed E-state index contributed by atoms with van der Waals surface area (Å²) in [6.07, 6.45) is 2.24. The van der Waals surface area contributed by atoms with E-state index < -0.39 is 11.9 Å². The van der Waals surface area contributed by atoms with Crippen molar-refractivity contribution in [3.05, 3.63) is 40.4 Å². The molecule has 0 fully saturated rings. The van der Waals surface area contributed by atoms with E-state index in [-0.39, 0.29) is 5.91 Å². The maximum absolute atomic E-state index is 12.2. The Hall–Kier alpha value is -2.41. The molecular formula is C16H16N2O4S. The highest BCUT2D eigenvalue weighted by Crippen LogP contribution is 2.36. The second kappa shape index (κ2) is 6.37. The van der Waals surface area contributed by atoms with Crippen LogP contribution in [0.4, 0.5) is 5.13 Å². The summed E-state index contributed by atoms with van der Waals surface area (Å²) in [5.74, 6) is -1.02. The SMILES string of the molecule is COc1ccc(C(=O)Nc2nc3c(s2)CCCC3C(=O)O)cc1. The van der Waals surface area contributed by atoms with Gasteiger partial charge in [0.1, 0.15) is 11.7 Å². The molecule has 1 aliphatic rings. The number of aryl methyl sites for hydroxylation is 1. The van der Waals surface area contributed by atoms with E-state index >= 15 is 0 Å². The van der Waals surface area contributed by atoms with Crippen LogP contribution in [0.3, 0.4) is 0 Å². The molecule has 1 amide bonds. The number of amides is 1. The molecule has 1 atom stereocenters. The highest BCUT2D eigenvalue weighted by molar-refractivity contribution is 7.15. The molecule has 6 nitrogen and oxygen atoms in total. The van der Waals surface area contributed by atoms with Crippen molar-refractivity contribution in [1.29, 1.82) is 0 Å². The monoisotopic (exact) mass is 332 g/mol. The van der Waals surface area contributed by atoms with Gasteiger partial charge in [-0.15, -0.1) is 11.3 Å². The summed E-state index contributed by atoms with van der Waals surface area (Å²) < 4.78 is 5.06.